The number of nitrogens with two attached hydrogens (primary N) is 1. The summed E-state index contributed by atoms with van der Waals surface area (Å²) in [5.74, 6) is 0.743. The maximum Gasteiger partial charge on any atom is 0.136 e. The summed E-state index contributed by atoms with van der Waals surface area (Å²) in [5.41, 5.74) is 7.40. The minimum Gasteiger partial charge on any atom is -0.389 e. The van der Waals surface area contributed by atoms with Crippen molar-refractivity contribution in [2.45, 2.75) is 13.5 Å². The second kappa shape index (κ2) is 5.77. The SMILES string of the molecule is Cc1ccc(C(N)=S)c(NCc2cc(Br)cs2)n1. The van der Waals surface area contributed by atoms with E-state index in [0.717, 1.165) is 21.5 Å². The number of anilines is 1. The molecule has 0 aliphatic carbocycles. The van der Waals surface area contributed by atoms with Crippen molar-refractivity contribution in [2.24, 2.45) is 5.73 Å². The van der Waals surface area contributed by atoms with Crippen LogP contribution in [-0.4, -0.2) is 9.97 Å². The maximum atomic E-state index is 5.68. The van der Waals surface area contributed by atoms with Crippen LogP contribution in [0.5, 0.6) is 0 Å². The smallest absolute Gasteiger partial charge is 0.136 e. The van der Waals surface area contributed by atoms with Crippen molar-refractivity contribution in [3.05, 3.63) is 44.2 Å². The highest BCUT2D eigenvalue weighted by molar-refractivity contribution is 9.10. The molecule has 0 spiro atoms. The Bertz CT molecular complexity index is 580. The number of pyridine rings is 1. The molecule has 3 nitrogen and oxygen atoms in total. The number of nitrogens with one attached hydrogen (secondary N) is 1. The van der Waals surface area contributed by atoms with E-state index in [9.17, 15) is 0 Å². The number of aromatic nitrogens is 1. The predicted molar refractivity (Wildman–Crippen MR) is 84.2 cm³/mol. The van der Waals surface area contributed by atoms with Gasteiger partial charge in [-0.25, -0.2) is 4.98 Å². The number of thiophene rings is 1. The number of thiocarbonyl (C=S) groups is 1. The third-order valence-electron chi connectivity index (χ3n) is 2.35. The van der Waals surface area contributed by atoms with Crippen LogP contribution in [0.3, 0.4) is 0 Å². The molecule has 0 aromatic carbocycles. The summed E-state index contributed by atoms with van der Waals surface area (Å²) in [6.07, 6.45) is 0. The first-order chi connectivity index (χ1) is 8.56. The standard InChI is InChI=1S/C12H12BrN3S2/c1-7-2-3-10(11(14)17)12(16-7)15-5-9-4-8(13)6-18-9/h2-4,6H,5H2,1H3,(H2,14,17)(H,15,16). The van der Waals surface area contributed by atoms with Crippen molar-refractivity contribution in [1.29, 1.82) is 0 Å². The predicted octanol–water partition coefficient (Wildman–Crippen LogP) is 3.46. The molecule has 6 heteroatoms. The average Bonchev–Trinajstić information content (AvgIpc) is 2.72. The van der Waals surface area contributed by atoms with Gasteiger partial charge in [-0.1, -0.05) is 12.2 Å². The fraction of sp³-hybridized carbons (Fsp3) is 0.167. The van der Waals surface area contributed by atoms with Gasteiger partial charge in [0.15, 0.2) is 0 Å². The lowest BCUT2D eigenvalue weighted by Gasteiger charge is -2.10. The largest absolute Gasteiger partial charge is 0.389 e. The third kappa shape index (κ3) is 3.28. The molecule has 0 radical (unpaired) electrons. The molecule has 94 valence electrons. The lowest BCUT2D eigenvalue weighted by Crippen LogP contribution is -2.14. The summed E-state index contributed by atoms with van der Waals surface area (Å²) < 4.78 is 1.09. The maximum absolute atomic E-state index is 5.68. The van der Waals surface area contributed by atoms with Crippen LogP contribution in [0.15, 0.2) is 28.1 Å². The Labute approximate surface area is 124 Å². The van der Waals surface area contributed by atoms with Crippen LogP contribution in [0.2, 0.25) is 0 Å². The summed E-state index contributed by atoms with van der Waals surface area (Å²) in [5, 5.41) is 5.33. The topological polar surface area (TPSA) is 50.9 Å². The number of aryl methyl sites for hydroxylation is 1. The lowest BCUT2D eigenvalue weighted by molar-refractivity contribution is 1.11. The van der Waals surface area contributed by atoms with Gasteiger partial charge in [0.05, 0.1) is 12.1 Å². The summed E-state index contributed by atoms with van der Waals surface area (Å²) in [7, 11) is 0. The zero-order chi connectivity index (χ0) is 13.1. The lowest BCUT2D eigenvalue weighted by atomic mass is 10.2. The normalized spacial score (nSPS) is 10.3. The van der Waals surface area contributed by atoms with E-state index in [0.29, 0.717) is 11.5 Å². The van der Waals surface area contributed by atoms with Gasteiger partial charge in [-0.15, -0.1) is 11.3 Å². The highest BCUT2D eigenvalue weighted by atomic mass is 79.9. The van der Waals surface area contributed by atoms with Crippen molar-refractivity contribution in [3.8, 4) is 0 Å². The summed E-state index contributed by atoms with van der Waals surface area (Å²) >= 11 is 10.1. The van der Waals surface area contributed by atoms with Crippen molar-refractivity contribution in [3.63, 3.8) is 0 Å². The number of hydrogen-bond donors (Lipinski definition) is 2. The van der Waals surface area contributed by atoms with Gasteiger partial charge in [-0.3, -0.25) is 0 Å². The van der Waals surface area contributed by atoms with E-state index in [1.165, 1.54) is 4.88 Å². The fourth-order valence-electron chi connectivity index (χ4n) is 1.51. The molecule has 0 amide bonds. The first-order valence-electron chi connectivity index (χ1n) is 5.30. The van der Waals surface area contributed by atoms with Crippen LogP contribution in [-0.2, 0) is 6.54 Å². The van der Waals surface area contributed by atoms with Crippen LogP contribution >= 0.6 is 39.5 Å². The zero-order valence-corrected chi connectivity index (χ0v) is 13.0. The van der Waals surface area contributed by atoms with Gasteiger partial charge in [0.1, 0.15) is 10.8 Å². The van der Waals surface area contributed by atoms with Crippen molar-refractivity contribution in [1.82, 2.24) is 4.98 Å². The second-order valence-corrected chi connectivity index (χ2v) is 6.15. The first kappa shape index (κ1) is 13.5. The number of halogens is 1. The van der Waals surface area contributed by atoms with Crippen LogP contribution in [0, 0.1) is 6.92 Å². The highest BCUT2D eigenvalue weighted by Gasteiger charge is 2.07. The Balaban J connectivity index is 2.17. The van der Waals surface area contributed by atoms with E-state index in [1.807, 2.05) is 19.1 Å². The molecule has 2 aromatic heterocycles. The van der Waals surface area contributed by atoms with Crippen LogP contribution < -0.4 is 11.1 Å². The van der Waals surface area contributed by atoms with Crippen LogP contribution in [0.4, 0.5) is 5.82 Å². The number of rotatable bonds is 4. The number of nitrogens with zero attached hydrogens (tertiary/aromatic N) is 1. The van der Waals surface area contributed by atoms with Crippen molar-refractivity contribution >= 4 is 50.3 Å². The molecule has 0 aliphatic heterocycles. The Morgan fingerprint density at radius 1 is 1.56 bits per heavy atom. The van der Waals surface area contributed by atoms with Gasteiger partial charge >= 0.3 is 0 Å². The Hall–Kier alpha value is -0.980. The molecule has 18 heavy (non-hydrogen) atoms. The molecule has 2 heterocycles. The minimum absolute atomic E-state index is 0.359. The quantitative estimate of drug-likeness (QED) is 0.836. The van der Waals surface area contributed by atoms with Gasteiger partial charge in [0, 0.05) is 20.4 Å². The Morgan fingerprint density at radius 3 is 2.94 bits per heavy atom. The van der Waals surface area contributed by atoms with Crippen LogP contribution in [0.1, 0.15) is 16.1 Å². The molecule has 0 atom stereocenters. The van der Waals surface area contributed by atoms with Gasteiger partial charge in [-0.05, 0) is 41.1 Å². The van der Waals surface area contributed by atoms with Crippen molar-refractivity contribution < 1.29 is 0 Å². The molecule has 2 rings (SSSR count). The van der Waals surface area contributed by atoms with Gasteiger partial charge in [0.2, 0.25) is 0 Å². The second-order valence-electron chi connectivity index (χ2n) is 3.80. The molecule has 3 N–H and O–H groups in total. The Morgan fingerprint density at radius 2 is 2.33 bits per heavy atom. The molecule has 0 bridgehead atoms. The molecule has 2 aromatic rings. The average molecular weight is 342 g/mol. The number of hydrogen-bond acceptors (Lipinski definition) is 4. The monoisotopic (exact) mass is 341 g/mol. The molecule has 0 saturated heterocycles. The molecular formula is C12H12BrN3S2. The first-order valence-corrected chi connectivity index (χ1v) is 7.38. The highest BCUT2D eigenvalue weighted by Crippen LogP contribution is 2.21. The van der Waals surface area contributed by atoms with Gasteiger partial charge in [0.25, 0.3) is 0 Å². The molecule has 0 fully saturated rings. The van der Waals surface area contributed by atoms with Gasteiger partial charge in [-0.2, -0.15) is 0 Å². The fourth-order valence-corrected chi connectivity index (χ4v) is 3.06. The summed E-state index contributed by atoms with van der Waals surface area (Å²) in [6.45, 7) is 2.65. The van der Waals surface area contributed by atoms with E-state index in [2.05, 4.69) is 37.7 Å². The van der Waals surface area contributed by atoms with E-state index in [1.54, 1.807) is 11.3 Å². The summed E-state index contributed by atoms with van der Waals surface area (Å²) in [6, 6.07) is 5.88. The van der Waals surface area contributed by atoms with E-state index in [4.69, 9.17) is 18.0 Å². The molecule has 0 saturated carbocycles. The van der Waals surface area contributed by atoms with Crippen LogP contribution in [0.25, 0.3) is 0 Å². The minimum atomic E-state index is 0.359. The van der Waals surface area contributed by atoms with E-state index >= 15 is 0 Å². The van der Waals surface area contributed by atoms with Crippen molar-refractivity contribution in [2.75, 3.05) is 5.32 Å². The summed E-state index contributed by atoms with van der Waals surface area (Å²) in [4.78, 5) is 6.01. The van der Waals surface area contributed by atoms with Gasteiger partial charge < -0.3 is 11.1 Å². The molecule has 0 aliphatic rings. The Kier molecular flexibility index (Phi) is 4.31. The van der Waals surface area contributed by atoms with E-state index < -0.39 is 0 Å². The molecular weight excluding hydrogens is 330 g/mol. The molecule has 0 unspecified atom stereocenters. The third-order valence-corrected chi connectivity index (χ3v) is 4.27. The van der Waals surface area contributed by atoms with E-state index in [-0.39, 0.29) is 0 Å². The zero-order valence-electron chi connectivity index (χ0n) is 9.74.